The summed E-state index contributed by atoms with van der Waals surface area (Å²) in [4.78, 5) is 37.0. The van der Waals surface area contributed by atoms with Crippen LogP contribution in [-0.4, -0.2) is 33.8 Å². The van der Waals surface area contributed by atoms with Crippen molar-refractivity contribution in [2.45, 2.75) is 19.9 Å². The van der Waals surface area contributed by atoms with Crippen LogP contribution < -0.4 is 0 Å². The highest BCUT2D eigenvalue weighted by molar-refractivity contribution is 6.55. The first-order chi connectivity index (χ1) is 10.1. The van der Waals surface area contributed by atoms with Crippen molar-refractivity contribution in [3.8, 4) is 0 Å². The quantitative estimate of drug-likeness (QED) is 0.485. The highest BCUT2D eigenvalue weighted by Crippen LogP contribution is 2.45. The number of amides is 2. The Hall–Kier alpha value is -1.01. The molecular weight excluding hydrogens is 376 g/mol. The molecule has 1 atom stereocenters. The molecule has 1 aromatic carbocycles. The monoisotopic (exact) mass is 383 g/mol. The van der Waals surface area contributed by atoms with Gasteiger partial charge in [-0.05, 0) is 5.92 Å². The van der Waals surface area contributed by atoms with Gasteiger partial charge in [0.05, 0.1) is 31.2 Å². The van der Waals surface area contributed by atoms with Crippen molar-refractivity contribution in [3.63, 3.8) is 0 Å². The number of carbonyl (C=O) groups excluding carboxylic acids is 2. The normalized spacial score (nSPS) is 15.5. The lowest BCUT2D eigenvalue weighted by atomic mass is 10.0. The van der Waals surface area contributed by atoms with Crippen LogP contribution in [0.15, 0.2) is 0 Å². The first-order valence-corrected chi connectivity index (χ1v) is 7.59. The molecule has 2 amide bonds. The van der Waals surface area contributed by atoms with Crippen molar-refractivity contribution < 1.29 is 19.5 Å². The number of nitrogens with zero attached hydrogens (tertiary/aromatic N) is 1. The van der Waals surface area contributed by atoms with Gasteiger partial charge in [0.25, 0.3) is 11.8 Å². The van der Waals surface area contributed by atoms with Gasteiger partial charge in [-0.1, -0.05) is 60.3 Å². The summed E-state index contributed by atoms with van der Waals surface area (Å²) in [5.41, 5.74) is -0.448. The number of halogens is 4. The van der Waals surface area contributed by atoms with E-state index in [1.807, 2.05) is 0 Å². The van der Waals surface area contributed by atoms with Crippen molar-refractivity contribution in [3.05, 3.63) is 31.2 Å². The molecule has 2 rings (SSSR count). The van der Waals surface area contributed by atoms with E-state index in [0.717, 1.165) is 0 Å². The number of fused-ring (bicyclic) bond motifs is 1. The molecule has 1 aromatic rings. The molecule has 0 saturated heterocycles. The molecule has 0 radical (unpaired) electrons. The molecule has 22 heavy (non-hydrogen) atoms. The number of hydrogen-bond donors (Lipinski definition) is 1. The van der Waals surface area contributed by atoms with E-state index in [2.05, 4.69) is 0 Å². The summed E-state index contributed by atoms with van der Waals surface area (Å²) in [6.45, 7) is 3.15. The minimum absolute atomic E-state index is 0.161. The number of hydrogen-bond acceptors (Lipinski definition) is 3. The maximum Gasteiger partial charge on any atom is 0.327 e. The van der Waals surface area contributed by atoms with Crippen molar-refractivity contribution >= 4 is 64.2 Å². The lowest BCUT2D eigenvalue weighted by Crippen LogP contribution is -2.47. The summed E-state index contributed by atoms with van der Waals surface area (Å²) < 4.78 is 0. The van der Waals surface area contributed by atoms with Gasteiger partial charge in [-0.3, -0.25) is 14.5 Å². The van der Waals surface area contributed by atoms with Gasteiger partial charge in [-0.2, -0.15) is 0 Å². The third kappa shape index (κ3) is 2.36. The average Bonchev–Trinajstić information content (AvgIpc) is 2.67. The van der Waals surface area contributed by atoms with Crippen molar-refractivity contribution in [2.75, 3.05) is 0 Å². The van der Waals surface area contributed by atoms with E-state index in [1.54, 1.807) is 13.8 Å². The van der Waals surface area contributed by atoms with Gasteiger partial charge >= 0.3 is 5.97 Å². The van der Waals surface area contributed by atoms with Gasteiger partial charge in [0.1, 0.15) is 6.04 Å². The lowest BCUT2D eigenvalue weighted by molar-refractivity contribution is -0.143. The standard InChI is InChI=1S/C13H9Cl4NO4/c1-3(2)10(13(21)22)18-11(19)4-5(12(18)20)7(15)9(17)8(16)6(4)14/h3,10H,1-2H3,(H,21,22)/t10-/m1/s1. The van der Waals surface area contributed by atoms with Crippen molar-refractivity contribution in [1.82, 2.24) is 4.90 Å². The van der Waals surface area contributed by atoms with E-state index < -0.39 is 29.7 Å². The Bertz CT molecular complexity index is 670. The van der Waals surface area contributed by atoms with E-state index in [4.69, 9.17) is 46.4 Å². The van der Waals surface area contributed by atoms with Crippen LogP contribution in [0.3, 0.4) is 0 Å². The zero-order chi connectivity index (χ0) is 16.9. The number of aliphatic carboxylic acids is 1. The van der Waals surface area contributed by atoms with Gasteiger partial charge in [0, 0.05) is 0 Å². The van der Waals surface area contributed by atoms with E-state index in [1.165, 1.54) is 0 Å². The average molecular weight is 385 g/mol. The molecule has 1 heterocycles. The molecule has 0 aliphatic carbocycles. The van der Waals surface area contributed by atoms with Crippen LogP contribution in [0.1, 0.15) is 34.6 Å². The third-order valence-corrected chi connectivity index (χ3v) is 5.10. The fourth-order valence-corrected chi connectivity index (χ4v) is 3.33. The topological polar surface area (TPSA) is 74.7 Å². The van der Waals surface area contributed by atoms with E-state index in [-0.39, 0.29) is 31.2 Å². The number of benzene rings is 1. The van der Waals surface area contributed by atoms with E-state index in [0.29, 0.717) is 4.90 Å². The number of imide groups is 1. The number of carboxylic acid groups (broad SMARTS) is 1. The second kappa shape index (κ2) is 5.89. The van der Waals surface area contributed by atoms with Gasteiger partial charge in [0.2, 0.25) is 0 Å². The third-order valence-electron chi connectivity index (χ3n) is 3.30. The maximum absolute atomic E-state index is 12.5. The van der Waals surface area contributed by atoms with Gasteiger partial charge in [0.15, 0.2) is 0 Å². The summed E-state index contributed by atoms with van der Waals surface area (Å²) in [5.74, 6) is -3.53. The van der Waals surface area contributed by atoms with E-state index >= 15 is 0 Å². The van der Waals surface area contributed by atoms with Gasteiger partial charge in [-0.15, -0.1) is 0 Å². The van der Waals surface area contributed by atoms with Crippen LogP contribution in [0, 0.1) is 5.92 Å². The minimum atomic E-state index is -1.35. The fourth-order valence-electron chi connectivity index (χ4n) is 2.31. The molecule has 118 valence electrons. The highest BCUT2D eigenvalue weighted by atomic mass is 35.5. The fraction of sp³-hybridized carbons (Fsp3) is 0.308. The molecule has 1 aliphatic rings. The zero-order valence-electron chi connectivity index (χ0n) is 11.3. The van der Waals surface area contributed by atoms with Crippen molar-refractivity contribution in [1.29, 1.82) is 0 Å². The van der Waals surface area contributed by atoms with Crippen LogP contribution in [0.5, 0.6) is 0 Å². The minimum Gasteiger partial charge on any atom is -0.480 e. The molecule has 0 bridgehead atoms. The smallest absolute Gasteiger partial charge is 0.327 e. The molecule has 0 spiro atoms. The summed E-state index contributed by atoms with van der Waals surface area (Å²) in [6, 6.07) is -1.35. The Kier molecular flexibility index (Phi) is 4.64. The van der Waals surface area contributed by atoms with Crippen LogP contribution in [-0.2, 0) is 4.79 Å². The first-order valence-electron chi connectivity index (χ1n) is 6.07. The van der Waals surface area contributed by atoms with Crippen LogP contribution >= 0.6 is 46.4 Å². The first kappa shape index (κ1) is 17.3. The van der Waals surface area contributed by atoms with Gasteiger partial charge in [-0.25, -0.2) is 4.79 Å². The Morgan fingerprint density at radius 3 is 1.55 bits per heavy atom. The molecule has 0 aromatic heterocycles. The molecular formula is C13H9Cl4NO4. The summed E-state index contributed by atoms with van der Waals surface area (Å²) in [7, 11) is 0. The van der Waals surface area contributed by atoms with E-state index in [9.17, 15) is 19.5 Å². The Balaban J connectivity index is 2.71. The molecule has 5 nitrogen and oxygen atoms in total. The lowest BCUT2D eigenvalue weighted by Gasteiger charge is -2.25. The molecule has 9 heteroatoms. The molecule has 1 aliphatic heterocycles. The summed E-state index contributed by atoms with van der Waals surface area (Å²) in [5, 5.41) is 8.54. The van der Waals surface area contributed by atoms with Crippen LogP contribution in [0.25, 0.3) is 0 Å². The maximum atomic E-state index is 12.5. The molecule has 1 N–H and O–H groups in total. The number of carboxylic acids is 1. The Morgan fingerprint density at radius 1 is 0.909 bits per heavy atom. The number of carbonyl (C=O) groups is 3. The predicted molar refractivity (Wildman–Crippen MR) is 83.2 cm³/mol. The Morgan fingerprint density at radius 2 is 1.27 bits per heavy atom. The second-order valence-electron chi connectivity index (χ2n) is 5.01. The Labute approximate surface area is 145 Å². The molecule has 0 saturated carbocycles. The summed E-state index contributed by atoms with van der Waals surface area (Å²) >= 11 is 23.7. The van der Waals surface area contributed by atoms with Crippen molar-refractivity contribution in [2.24, 2.45) is 5.92 Å². The second-order valence-corrected chi connectivity index (χ2v) is 6.53. The van der Waals surface area contributed by atoms with Crippen LogP contribution in [0.4, 0.5) is 0 Å². The summed E-state index contributed by atoms with van der Waals surface area (Å²) in [6.07, 6.45) is 0. The SMILES string of the molecule is CC(C)[C@H](C(=O)O)N1C(=O)c2c(Cl)c(Cl)c(Cl)c(Cl)c2C1=O. The van der Waals surface area contributed by atoms with Crippen LogP contribution in [0.2, 0.25) is 20.1 Å². The van der Waals surface area contributed by atoms with Gasteiger partial charge < -0.3 is 5.11 Å². The largest absolute Gasteiger partial charge is 0.480 e. The predicted octanol–water partition coefficient (Wildman–Crippen LogP) is 4.01. The molecule has 0 fully saturated rings. The highest BCUT2D eigenvalue weighted by Gasteiger charge is 2.47. The number of rotatable bonds is 3. The zero-order valence-corrected chi connectivity index (χ0v) is 14.3. The molecule has 0 unspecified atom stereocenters.